The van der Waals surface area contributed by atoms with Crippen molar-refractivity contribution in [3.8, 4) is 0 Å². The van der Waals surface area contributed by atoms with E-state index in [4.69, 9.17) is 34.8 Å². The van der Waals surface area contributed by atoms with Gasteiger partial charge in [-0.2, -0.15) is 0 Å². The first kappa shape index (κ1) is 19.1. The van der Waals surface area contributed by atoms with Gasteiger partial charge in [0.25, 0.3) is 10.5 Å². The summed E-state index contributed by atoms with van der Waals surface area (Å²) in [6, 6.07) is 0. The van der Waals surface area contributed by atoms with Gasteiger partial charge in [0, 0.05) is 3.57 Å². The van der Waals surface area contributed by atoms with Crippen LogP contribution in [0.2, 0.25) is 0 Å². The molecule has 20 heavy (non-hydrogen) atoms. The van der Waals surface area contributed by atoms with Gasteiger partial charge in [0.15, 0.2) is 0 Å². The number of alkyl halides is 1. The topological polar surface area (TPSA) is 63.2 Å². The second-order valence-corrected chi connectivity index (χ2v) is 7.49. The van der Waals surface area contributed by atoms with E-state index in [1.807, 2.05) is 67.8 Å². The molecule has 0 heterocycles. The van der Waals surface area contributed by atoms with Crippen LogP contribution in [-0.2, 0) is 4.79 Å². The molecule has 0 aliphatic heterocycles. The molecule has 0 bridgehead atoms. The van der Waals surface area contributed by atoms with Crippen molar-refractivity contribution >= 4 is 125 Å². The molecule has 0 spiro atoms. The molecule has 4 nitrogen and oxygen atoms in total. The van der Waals surface area contributed by atoms with Gasteiger partial charge >= 0.3 is 0 Å². The van der Waals surface area contributed by atoms with Crippen molar-refractivity contribution in [2.45, 2.75) is 0 Å². The fourth-order valence-corrected chi connectivity index (χ4v) is 6.79. The standard InChI is InChI=1S/C10H3Cl3I3NO3/c11-1-2(18)17-8-6(15)3(9(12)19)5(14)4(7(8)16)10(13)20/h1H2,(H,17,18). The molecule has 1 rings (SSSR count). The number of hydrogen-bond donors (Lipinski definition) is 1. The molecule has 0 aliphatic carbocycles. The highest BCUT2D eigenvalue weighted by Gasteiger charge is 2.26. The molecular weight excluding hydrogens is 669 g/mol. The van der Waals surface area contributed by atoms with Crippen LogP contribution >= 0.6 is 103 Å². The Morgan fingerprint density at radius 1 is 0.900 bits per heavy atom. The second-order valence-electron chi connectivity index (χ2n) is 3.30. The van der Waals surface area contributed by atoms with Gasteiger partial charge in [-0.15, -0.1) is 11.6 Å². The van der Waals surface area contributed by atoms with E-state index < -0.39 is 16.4 Å². The molecule has 0 aromatic heterocycles. The maximum absolute atomic E-state index is 11.5. The molecule has 0 radical (unpaired) electrons. The Morgan fingerprint density at radius 2 is 1.30 bits per heavy atom. The van der Waals surface area contributed by atoms with E-state index in [1.54, 1.807) is 0 Å². The number of carbonyl (C=O) groups is 3. The zero-order valence-corrected chi connectivity index (χ0v) is 17.9. The largest absolute Gasteiger partial charge is 0.323 e. The normalized spacial score (nSPS) is 10.3. The summed E-state index contributed by atoms with van der Waals surface area (Å²) in [5.41, 5.74) is 0.551. The van der Waals surface area contributed by atoms with E-state index in [0.29, 0.717) is 16.4 Å². The van der Waals surface area contributed by atoms with Crippen LogP contribution in [0.1, 0.15) is 20.7 Å². The van der Waals surface area contributed by atoms with Crippen molar-refractivity contribution in [3.05, 3.63) is 21.8 Å². The summed E-state index contributed by atoms with van der Waals surface area (Å²) in [4.78, 5) is 34.5. The van der Waals surface area contributed by atoms with Crippen molar-refractivity contribution in [2.24, 2.45) is 0 Å². The predicted molar refractivity (Wildman–Crippen MR) is 104 cm³/mol. The predicted octanol–water partition coefficient (Wildman–Crippen LogP) is 4.44. The van der Waals surface area contributed by atoms with E-state index in [0.717, 1.165) is 0 Å². The fraction of sp³-hybridized carbons (Fsp3) is 0.100. The maximum Gasteiger partial charge on any atom is 0.254 e. The Bertz CT molecular complexity index is 580. The zero-order chi connectivity index (χ0) is 15.6. The smallest absolute Gasteiger partial charge is 0.254 e. The van der Waals surface area contributed by atoms with Gasteiger partial charge in [0.1, 0.15) is 5.88 Å². The van der Waals surface area contributed by atoms with Crippen LogP contribution in [-0.4, -0.2) is 22.3 Å². The molecule has 108 valence electrons. The zero-order valence-electron chi connectivity index (χ0n) is 9.20. The molecule has 1 amide bonds. The summed E-state index contributed by atoms with van der Waals surface area (Å²) < 4.78 is 1.20. The Morgan fingerprint density at radius 3 is 1.60 bits per heavy atom. The van der Waals surface area contributed by atoms with Crippen LogP contribution in [0.5, 0.6) is 0 Å². The van der Waals surface area contributed by atoms with Crippen molar-refractivity contribution in [3.63, 3.8) is 0 Å². The van der Waals surface area contributed by atoms with Gasteiger partial charge < -0.3 is 5.32 Å². The Balaban J connectivity index is 3.71. The number of amides is 1. The third-order valence-corrected chi connectivity index (χ3v) is 5.95. The van der Waals surface area contributed by atoms with Gasteiger partial charge in [-0.05, 0) is 91.0 Å². The third kappa shape index (κ3) is 4.09. The SMILES string of the molecule is O=C(CCl)Nc1c(I)c(C(=O)Cl)c(I)c(C(=O)Cl)c1I. The van der Waals surface area contributed by atoms with E-state index in [1.165, 1.54) is 0 Å². The van der Waals surface area contributed by atoms with Crippen LogP contribution in [0.4, 0.5) is 5.69 Å². The Hall–Kier alpha value is 1.09. The Labute approximate surface area is 170 Å². The third-order valence-electron chi connectivity index (χ3n) is 2.10. The minimum absolute atomic E-state index is 0.127. The number of benzene rings is 1. The maximum atomic E-state index is 11.5. The fourth-order valence-electron chi connectivity index (χ4n) is 1.29. The molecule has 0 atom stereocenters. The summed E-state index contributed by atoms with van der Waals surface area (Å²) in [6.07, 6.45) is 0. The molecule has 0 saturated heterocycles. The Kier molecular flexibility index (Phi) is 7.74. The van der Waals surface area contributed by atoms with Crippen LogP contribution in [0, 0.1) is 10.7 Å². The number of rotatable bonds is 4. The molecule has 0 aliphatic rings. The van der Waals surface area contributed by atoms with E-state index in [-0.39, 0.29) is 17.0 Å². The summed E-state index contributed by atoms with van der Waals surface area (Å²) in [5.74, 6) is -0.725. The van der Waals surface area contributed by atoms with E-state index >= 15 is 0 Å². The second kappa shape index (κ2) is 8.09. The first-order valence-electron chi connectivity index (χ1n) is 4.68. The van der Waals surface area contributed by atoms with Gasteiger partial charge in [-0.3, -0.25) is 14.4 Å². The van der Waals surface area contributed by atoms with Crippen LogP contribution in [0.25, 0.3) is 0 Å². The average molecular weight is 672 g/mol. The van der Waals surface area contributed by atoms with Crippen LogP contribution in [0.3, 0.4) is 0 Å². The van der Waals surface area contributed by atoms with Gasteiger partial charge in [-0.25, -0.2) is 0 Å². The summed E-state index contributed by atoms with van der Waals surface area (Å²) in [7, 11) is 0. The highest BCUT2D eigenvalue weighted by Crippen LogP contribution is 2.37. The van der Waals surface area contributed by atoms with Crippen molar-refractivity contribution < 1.29 is 14.4 Å². The minimum atomic E-state index is -0.740. The minimum Gasteiger partial charge on any atom is -0.323 e. The van der Waals surface area contributed by atoms with E-state index in [2.05, 4.69) is 5.32 Å². The highest BCUT2D eigenvalue weighted by atomic mass is 127. The lowest BCUT2D eigenvalue weighted by molar-refractivity contribution is -0.113. The van der Waals surface area contributed by atoms with Gasteiger partial charge in [-0.1, -0.05) is 0 Å². The summed E-state index contributed by atoms with van der Waals surface area (Å²) >= 11 is 22.1. The molecule has 0 saturated carbocycles. The van der Waals surface area contributed by atoms with Crippen LogP contribution < -0.4 is 5.32 Å². The molecule has 1 aromatic carbocycles. The lowest BCUT2D eigenvalue weighted by atomic mass is 10.1. The van der Waals surface area contributed by atoms with Crippen molar-refractivity contribution in [2.75, 3.05) is 11.2 Å². The summed E-state index contributed by atoms with van der Waals surface area (Å²) in [5, 5.41) is 1.05. The monoisotopic (exact) mass is 671 g/mol. The summed E-state index contributed by atoms with van der Waals surface area (Å²) in [6.45, 7) is 0. The number of halogens is 6. The lowest BCUT2D eigenvalue weighted by Gasteiger charge is -2.16. The molecule has 0 unspecified atom stereocenters. The molecule has 1 N–H and O–H groups in total. The molecule has 0 fully saturated rings. The average Bonchev–Trinajstić information content (AvgIpc) is 2.33. The number of anilines is 1. The van der Waals surface area contributed by atoms with Crippen LogP contribution in [0.15, 0.2) is 0 Å². The van der Waals surface area contributed by atoms with Crippen molar-refractivity contribution in [1.29, 1.82) is 0 Å². The van der Waals surface area contributed by atoms with E-state index in [9.17, 15) is 14.4 Å². The lowest BCUT2D eigenvalue weighted by Crippen LogP contribution is -2.18. The molecular formula is C10H3Cl3I3NO3. The molecule has 1 aromatic rings. The number of carbonyl (C=O) groups excluding carboxylic acids is 3. The molecule has 10 heteroatoms. The van der Waals surface area contributed by atoms with Crippen molar-refractivity contribution in [1.82, 2.24) is 0 Å². The van der Waals surface area contributed by atoms with Gasteiger partial charge in [0.05, 0.1) is 24.0 Å². The number of nitrogens with one attached hydrogen (secondary N) is 1. The number of hydrogen-bond acceptors (Lipinski definition) is 3. The highest BCUT2D eigenvalue weighted by molar-refractivity contribution is 14.1. The first-order chi connectivity index (χ1) is 9.22. The first-order valence-corrected chi connectivity index (χ1v) is 9.20. The van der Waals surface area contributed by atoms with Gasteiger partial charge in [0.2, 0.25) is 5.91 Å². The quantitative estimate of drug-likeness (QED) is 0.293.